The quantitative estimate of drug-likeness (QED) is 0.609. The maximum absolute atomic E-state index is 12.9. The van der Waals surface area contributed by atoms with Crippen molar-refractivity contribution in [2.75, 3.05) is 0 Å². The normalized spacial score (nSPS) is 11.1. The Balaban J connectivity index is 0.00000280. The maximum atomic E-state index is 12.9. The minimum Gasteiger partial charge on any atom is -0.476 e. The highest BCUT2D eigenvalue weighted by atomic mass is 16.5. The molecule has 1 atom stereocenters. The Morgan fingerprint density at radius 1 is 0.893 bits per heavy atom. The van der Waals surface area contributed by atoms with Gasteiger partial charge in [-0.25, -0.2) is 0 Å². The van der Waals surface area contributed by atoms with Crippen molar-refractivity contribution in [2.24, 2.45) is 0 Å². The minimum atomic E-state index is -0.695. The fourth-order valence-electron chi connectivity index (χ4n) is 2.85. The van der Waals surface area contributed by atoms with Gasteiger partial charge in [-0.2, -0.15) is 0 Å². The van der Waals surface area contributed by atoms with E-state index in [0.29, 0.717) is 19.0 Å². The fourth-order valence-corrected chi connectivity index (χ4v) is 2.85. The van der Waals surface area contributed by atoms with Crippen LogP contribution < -0.4 is 15.5 Å². The van der Waals surface area contributed by atoms with Crippen molar-refractivity contribution < 1.29 is 9.53 Å². The van der Waals surface area contributed by atoms with Crippen molar-refractivity contribution in [3.05, 3.63) is 96.1 Å². The number of rotatable bonds is 7. The lowest BCUT2D eigenvalue weighted by Crippen LogP contribution is -2.32. The van der Waals surface area contributed by atoms with E-state index >= 15 is 0 Å². The molecule has 1 unspecified atom stereocenters. The molecule has 4 heteroatoms. The molecule has 0 aromatic heterocycles. The summed E-state index contributed by atoms with van der Waals surface area (Å²) in [5.41, 5.74) is 3.13. The summed E-state index contributed by atoms with van der Waals surface area (Å²) >= 11 is 0. The second-order valence-electron chi connectivity index (χ2n) is 6.84. The number of benzene rings is 3. The zero-order valence-electron chi connectivity index (χ0n) is 15.8. The highest BCUT2D eigenvalue weighted by molar-refractivity contribution is 6.70. The first kappa shape index (κ1) is 21.3. The highest BCUT2D eigenvalue weighted by Crippen LogP contribution is 2.22. The van der Waals surface area contributed by atoms with E-state index in [-0.39, 0.29) is 13.3 Å². The molecule has 3 rings (SSSR count). The Bertz CT molecular complexity index is 849. The topological polar surface area (TPSA) is 38.3 Å². The molecule has 0 aliphatic heterocycles. The van der Waals surface area contributed by atoms with Crippen LogP contribution >= 0.6 is 0 Å². The molecule has 1 N–H and O–H groups in total. The molecular formula is C24H28BNO2. The van der Waals surface area contributed by atoms with E-state index in [4.69, 9.17) is 4.74 Å². The van der Waals surface area contributed by atoms with Crippen LogP contribution in [0.25, 0.3) is 0 Å². The second kappa shape index (κ2) is 10.4. The van der Waals surface area contributed by atoms with E-state index in [1.165, 1.54) is 5.46 Å². The van der Waals surface area contributed by atoms with Crippen molar-refractivity contribution in [1.82, 2.24) is 5.32 Å². The van der Waals surface area contributed by atoms with Crippen LogP contribution in [0.4, 0.5) is 0 Å². The highest BCUT2D eigenvalue weighted by Gasteiger charge is 2.22. The first-order valence-electron chi connectivity index (χ1n) is 9.26. The molecule has 0 heterocycles. The van der Waals surface area contributed by atoms with E-state index in [2.05, 4.69) is 19.0 Å². The number of nitrogens with one attached hydrogen (secondary N) is 1. The third-order valence-corrected chi connectivity index (χ3v) is 4.45. The van der Waals surface area contributed by atoms with Crippen LogP contribution in [0, 0.1) is 0 Å². The van der Waals surface area contributed by atoms with E-state index < -0.39 is 6.10 Å². The first-order valence-corrected chi connectivity index (χ1v) is 9.26. The maximum Gasteiger partial charge on any atom is 0.266 e. The van der Waals surface area contributed by atoms with Crippen LogP contribution in [0.3, 0.4) is 0 Å². The number of hydrogen-bond donors (Lipinski definition) is 1. The standard InChI is InChI=1S/C23H24BNO2.CH4/c1-24(2)20-13-15-21(16-14-20)27-22(19-11-7-4-8-12-19)23(26)25-17-18-9-5-3-6-10-18;/h3-16,22H,17H2,1-2H3,(H,25,26);1H4. The molecule has 0 radical (unpaired) electrons. The van der Waals surface area contributed by atoms with Crippen LogP contribution in [-0.2, 0) is 11.3 Å². The molecule has 3 aromatic rings. The molecule has 3 aromatic carbocycles. The van der Waals surface area contributed by atoms with Crippen molar-refractivity contribution >= 4 is 18.1 Å². The van der Waals surface area contributed by atoms with E-state index in [0.717, 1.165) is 11.1 Å². The molecule has 0 fully saturated rings. The van der Waals surface area contributed by atoms with Crippen LogP contribution in [0.1, 0.15) is 24.7 Å². The van der Waals surface area contributed by atoms with Crippen molar-refractivity contribution in [1.29, 1.82) is 0 Å². The third-order valence-electron chi connectivity index (χ3n) is 4.45. The Morgan fingerprint density at radius 3 is 2.04 bits per heavy atom. The number of hydrogen-bond acceptors (Lipinski definition) is 2. The van der Waals surface area contributed by atoms with Gasteiger partial charge >= 0.3 is 0 Å². The molecule has 28 heavy (non-hydrogen) atoms. The summed E-state index contributed by atoms with van der Waals surface area (Å²) in [7, 11) is 0. The largest absolute Gasteiger partial charge is 0.476 e. The van der Waals surface area contributed by atoms with E-state index in [1.807, 2.05) is 84.9 Å². The second-order valence-corrected chi connectivity index (χ2v) is 6.84. The monoisotopic (exact) mass is 373 g/mol. The third kappa shape index (κ3) is 5.75. The zero-order valence-corrected chi connectivity index (χ0v) is 15.8. The number of ether oxygens (including phenoxy) is 1. The lowest BCUT2D eigenvalue weighted by Gasteiger charge is -2.19. The molecule has 0 bridgehead atoms. The minimum absolute atomic E-state index is 0. The number of amides is 1. The summed E-state index contributed by atoms with van der Waals surface area (Å²) in [6.45, 7) is 5.23. The Kier molecular flexibility index (Phi) is 7.88. The summed E-state index contributed by atoms with van der Waals surface area (Å²) in [5, 5.41) is 2.98. The number of carbonyl (C=O) groups is 1. The average molecular weight is 373 g/mol. The van der Waals surface area contributed by atoms with Gasteiger partial charge in [-0.1, -0.05) is 99.3 Å². The van der Waals surface area contributed by atoms with Gasteiger partial charge in [0.15, 0.2) is 6.71 Å². The lowest BCUT2D eigenvalue weighted by molar-refractivity contribution is -0.128. The smallest absolute Gasteiger partial charge is 0.266 e. The van der Waals surface area contributed by atoms with Crippen molar-refractivity contribution in [3.63, 3.8) is 0 Å². The van der Waals surface area contributed by atoms with E-state index in [1.54, 1.807) is 0 Å². The van der Waals surface area contributed by atoms with Crippen LogP contribution in [0.15, 0.2) is 84.9 Å². The van der Waals surface area contributed by atoms with Gasteiger partial charge in [0.25, 0.3) is 5.91 Å². The molecule has 0 aliphatic carbocycles. The summed E-state index contributed by atoms with van der Waals surface area (Å²) in [5.74, 6) is 0.529. The Labute approximate surface area is 168 Å². The zero-order chi connectivity index (χ0) is 19.1. The Morgan fingerprint density at radius 2 is 1.46 bits per heavy atom. The summed E-state index contributed by atoms with van der Waals surface area (Å²) in [4.78, 5) is 12.9. The summed E-state index contributed by atoms with van der Waals surface area (Å²) in [6, 6.07) is 27.4. The molecule has 0 saturated heterocycles. The molecule has 0 saturated carbocycles. The molecule has 3 nitrogen and oxygen atoms in total. The Hall–Kier alpha value is -3.01. The van der Waals surface area contributed by atoms with Gasteiger partial charge in [0.05, 0.1) is 0 Å². The molecule has 1 amide bonds. The molecule has 0 aliphatic rings. The van der Waals surface area contributed by atoms with Gasteiger partial charge in [0, 0.05) is 12.1 Å². The van der Waals surface area contributed by atoms with Crippen LogP contribution in [0.5, 0.6) is 5.75 Å². The summed E-state index contributed by atoms with van der Waals surface area (Å²) < 4.78 is 6.07. The fraction of sp³-hybridized carbons (Fsp3) is 0.208. The first-order chi connectivity index (χ1) is 13.1. The molecular weight excluding hydrogens is 345 g/mol. The van der Waals surface area contributed by atoms with Gasteiger partial charge in [-0.05, 0) is 17.7 Å². The predicted molar refractivity (Wildman–Crippen MR) is 118 cm³/mol. The predicted octanol–water partition coefficient (Wildman–Crippen LogP) is 4.72. The molecule has 144 valence electrons. The SMILES string of the molecule is C.CB(C)c1ccc(OC(C(=O)NCc2ccccc2)c2ccccc2)cc1. The van der Waals surface area contributed by atoms with Gasteiger partial charge in [-0.15, -0.1) is 0 Å². The van der Waals surface area contributed by atoms with Gasteiger partial charge < -0.3 is 10.1 Å². The summed E-state index contributed by atoms with van der Waals surface area (Å²) in [6.07, 6.45) is -0.695. The van der Waals surface area contributed by atoms with Gasteiger partial charge in [0.1, 0.15) is 5.75 Å². The molecule has 0 spiro atoms. The van der Waals surface area contributed by atoms with Crippen LogP contribution in [-0.4, -0.2) is 12.6 Å². The van der Waals surface area contributed by atoms with Gasteiger partial charge in [-0.3, -0.25) is 4.79 Å². The van der Waals surface area contributed by atoms with E-state index in [9.17, 15) is 4.79 Å². The average Bonchev–Trinajstić information content (AvgIpc) is 2.72. The number of carbonyl (C=O) groups excluding carboxylic acids is 1. The lowest BCUT2D eigenvalue weighted by atomic mass is 9.49. The van der Waals surface area contributed by atoms with Crippen molar-refractivity contribution in [3.8, 4) is 5.75 Å². The van der Waals surface area contributed by atoms with Crippen molar-refractivity contribution in [2.45, 2.75) is 33.7 Å². The van der Waals surface area contributed by atoms with Gasteiger partial charge in [0.2, 0.25) is 6.10 Å². The van der Waals surface area contributed by atoms with Crippen LogP contribution in [0.2, 0.25) is 13.6 Å².